The summed E-state index contributed by atoms with van der Waals surface area (Å²) in [5.41, 5.74) is 6.20. The van der Waals surface area contributed by atoms with E-state index in [0.29, 0.717) is 29.1 Å². The summed E-state index contributed by atoms with van der Waals surface area (Å²) in [5, 5.41) is 3.15. The van der Waals surface area contributed by atoms with E-state index in [9.17, 15) is 9.59 Å². The highest BCUT2D eigenvalue weighted by Crippen LogP contribution is 2.29. The number of carbonyl (C=O) groups excluding carboxylic acids is 2. The molecular formula is C15H20ClN3O2. The molecule has 3 N–H and O–H groups in total. The van der Waals surface area contributed by atoms with E-state index in [1.54, 1.807) is 32.3 Å². The van der Waals surface area contributed by atoms with Crippen LogP contribution in [0.2, 0.25) is 5.02 Å². The third-order valence-electron chi connectivity index (χ3n) is 3.81. The van der Waals surface area contributed by atoms with Gasteiger partial charge >= 0.3 is 0 Å². The summed E-state index contributed by atoms with van der Waals surface area (Å²) < 4.78 is 0. The first-order valence-corrected chi connectivity index (χ1v) is 7.33. The fourth-order valence-electron chi connectivity index (χ4n) is 2.50. The zero-order valence-corrected chi connectivity index (χ0v) is 13.0. The minimum atomic E-state index is -0.800. The molecule has 0 unspecified atom stereocenters. The molecule has 0 radical (unpaired) electrons. The third kappa shape index (κ3) is 3.36. The van der Waals surface area contributed by atoms with Crippen LogP contribution in [0.1, 0.15) is 36.0 Å². The first kappa shape index (κ1) is 15.8. The molecule has 0 aromatic heterocycles. The van der Waals surface area contributed by atoms with Crippen molar-refractivity contribution < 1.29 is 9.59 Å². The maximum absolute atomic E-state index is 12.3. The lowest BCUT2D eigenvalue weighted by Gasteiger charge is -2.22. The van der Waals surface area contributed by atoms with Crippen LogP contribution in [0.15, 0.2) is 18.2 Å². The second kappa shape index (κ2) is 6.03. The molecule has 0 atom stereocenters. The Morgan fingerprint density at radius 2 is 1.90 bits per heavy atom. The highest BCUT2D eigenvalue weighted by atomic mass is 35.5. The third-order valence-corrected chi connectivity index (χ3v) is 4.14. The molecule has 0 heterocycles. The van der Waals surface area contributed by atoms with Gasteiger partial charge in [-0.1, -0.05) is 24.4 Å². The second-order valence-corrected chi connectivity index (χ2v) is 6.12. The van der Waals surface area contributed by atoms with Crippen molar-refractivity contribution in [1.29, 1.82) is 0 Å². The molecule has 0 aliphatic heterocycles. The van der Waals surface area contributed by atoms with Crippen molar-refractivity contribution in [2.24, 2.45) is 5.73 Å². The molecule has 6 heteroatoms. The standard InChI is InChI=1S/C15H20ClN3O2/c1-19(2)13(20)11-9-10(5-6-12(11)16)18-14(21)15(17)7-3-4-8-15/h5-6,9H,3-4,7-8,17H2,1-2H3,(H,18,21). The monoisotopic (exact) mass is 309 g/mol. The lowest BCUT2D eigenvalue weighted by Crippen LogP contribution is -2.48. The molecule has 1 aliphatic carbocycles. The molecule has 1 aromatic rings. The SMILES string of the molecule is CN(C)C(=O)c1cc(NC(=O)C2(N)CCCC2)ccc1Cl. The molecule has 0 saturated heterocycles. The fourth-order valence-corrected chi connectivity index (χ4v) is 2.69. The van der Waals surface area contributed by atoms with Crippen LogP contribution in [-0.2, 0) is 4.79 Å². The summed E-state index contributed by atoms with van der Waals surface area (Å²) in [6.07, 6.45) is 3.32. The van der Waals surface area contributed by atoms with Crippen LogP contribution in [-0.4, -0.2) is 36.3 Å². The lowest BCUT2D eigenvalue weighted by atomic mass is 9.98. The topological polar surface area (TPSA) is 75.4 Å². The van der Waals surface area contributed by atoms with E-state index >= 15 is 0 Å². The molecular weight excluding hydrogens is 290 g/mol. The summed E-state index contributed by atoms with van der Waals surface area (Å²) in [7, 11) is 3.30. The van der Waals surface area contributed by atoms with Crippen molar-refractivity contribution in [2.75, 3.05) is 19.4 Å². The number of carbonyl (C=O) groups is 2. The maximum atomic E-state index is 12.3. The van der Waals surface area contributed by atoms with Crippen LogP contribution in [0.25, 0.3) is 0 Å². The average Bonchev–Trinajstić information content (AvgIpc) is 2.88. The van der Waals surface area contributed by atoms with Gasteiger partial charge in [-0.15, -0.1) is 0 Å². The van der Waals surface area contributed by atoms with E-state index in [1.165, 1.54) is 4.90 Å². The normalized spacial score (nSPS) is 16.6. The predicted molar refractivity (Wildman–Crippen MR) is 83.5 cm³/mol. The Morgan fingerprint density at radius 3 is 2.48 bits per heavy atom. The molecule has 0 spiro atoms. The van der Waals surface area contributed by atoms with Crippen molar-refractivity contribution >= 4 is 29.1 Å². The molecule has 2 amide bonds. The summed E-state index contributed by atoms with van der Waals surface area (Å²) in [6, 6.07) is 4.86. The van der Waals surface area contributed by atoms with Crippen LogP contribution in [0, 0.1) is 0 Å². The van der Waals surface area contributed by atoms with Crippen molar-refractivity contribution in [3.63, 3.8) is 0 Å². The lowest BCUT2D eigenvalue weighted by molar-refractivity contribution is -0.121. The number of nitrogens with two attached hydrogens (primary N) is 1. The number of halogens is 1. The van der Waals surface area contributed by atoms with Gasteiger partial charge in [-0.25, -0.2) is 0 Å². The van der Waals surface area contributed by atoms with Crippen molar-refractivity contribution in [1.82, 2.24) is 4.90 Å². The van der Waals surface area contributed by atoms with E-state index in [-0.39, 0.29) is 11.8 Å². The van der Waals surface area contributed by atoms with E-state index in [2.05, 4.69) is 5.32 Å². The molecule has 1 saturated carbocycles. The Hall–Kier alpha value is -1.59. The van der Waals surface area contributed by atoms with E-state index in [4.69, 9.17) is 17.3 Å². The number of nitrogens with one attached hydrogen (secondary N) is 1. The number of benzene rings is 1. The average molecular weight is 310 g/mol. The summed E-state index contributed by atoms with van der Waals surface area (Å²) in [6.45, 7) is 0. The Morgan fingerprint density at radius 1 is 1.29 bits per heavy atom. The van der Waals surface area contributed by atoms with Crippen LogP contribution >= 0.6 is 11.6 Å². The summed E-state index contributed by atoms with van der Waals surface area (Å²) >= 11 is 6.04. The molecule has 1 aliphatic rings. The molecule has 0 bridgehead atoms. The maximum Gasteiger partial charge on any atom is 0.254 e. The van der Waals surface area contributed by atoms with Crippen LogP contribution in [0.4, 0.5) is 5.69 Å². The van der Waals surface area contributed by atoms with E-state index < -0.39 is 5.54 Å². The second-order valence-electron chi connectivity index (χ2n) is 5.71. The van der Waals surface area contributed by atoms with Gasteiger partial charge in [-0.2, -0.15) is 0 Å². The Bertz CT molecular complexity index is 566. The van der Waals surface area contributed by atoms with Gasteiger partial charge in [0.2, 0.25) is 5.91 Å². The van der Waals surface area contributed by atoms with Crippen molar-refractivity contribution in [3.05, 3.63) is 28.8 Å². The highest BCUT2D eigenvalue weighted by Gasteiger charge is 2.37. The molecule has 5 nitrogen and oxygen atoms in total. The Balaban J connectivity index is 2.19. The quantitative estimate of drug-likeness (QED) is 0.899. The largest absolute Gasteiger partial charge is 0.345 e. The predicted octanol–water partition coefficient (Wildman–Crippen LogP) is 2.25. The minimum Gasteiger partial charge on any atom is -0.345 e. The zero-order valence-electron chi connectivity index (χ0n) is 12.3. The molecule has 1 aromatic carbocycles. The zero-order chi connectivity index (χ0) is 15.6. The van der Waals surface area contributed by atoms with Gasteiger partial charge in [0, 0.05) is 19.8 Å². The summed E-state index contributed by atoms with van der Waals surface area (Å²) in [5.74, 6) is -0.412. The first-order chi connectivity index (χ1) is 9.83. The van der Waals surface area contributed by atoms with Gasteiger partial charge in [0.15, 0.2) is 0 Å². The number of nitrogens with zero attached hydrogens (tertiary/aromatic N) is 1. The van der Waals surface area contributed by atoms with Crippen LogP contribution in [0.3, 0.4) is 0 Å². The van der Waals surface area contributed by atoms with Gasteiger partial charge in [-0.3, -0.25) is 9.59 Å². The van der Waals surface area contributed by atoms with Gasteiger partial charge in [0.05, 0.1) is 16.1 Å². The Labute approximate surface area is 129 Å². The molecule has 21 heavy (non-hydrogen) atoms. The van der Waals surface area contributed by atoms with E-state index in [1.807, 2.05) is 0 Å². The number of hydrogen-bond donors (Lipinski definition) is 2. The number of hydrogen-bond acceptors (Lipinski definition) is 3. The number of rotatable bonds is 3. The fraction of sp³-hybridized carbons (Fsp3) is 0.467. The number of anilines is 1. The molecule has 114 valence electrons. The molecule has 1 fully saturated rings. The van der Waals surface area contributed by atoms with E-state index in [0.717, 1.165) is 12.8 Å². The van der Waals surface area contributed by atoms with Gasteiger partial charge in [0.25, 0.3) is 5.91 Å². The van der Waals surface area contributed by atoms with Crippen LogP contribution in [0.5, 0.6) is 0 Å². The van der Waals surface area contributed by atoms with Gasteiger partial charge in [-0.05, 0) is 31.0 Å². The number of amides is 2. The van der Waals surface area contributed by atoms with Gasteiger partial charge in [0.1, 0.15) is 0 Å². The Kier molecular flexibility index (Phi) is 4.54. The minimum absolute atomic E-state index is 0.203. The van der Waals surface area contributed by atoms with Gasteiger partial charge < -0.3 is 16.0 Å². The first-order valence-electron chi connectivity index (χ1n) is 6.95. The van der Waals surface area contributed by atoms with Crippen molar-refractivity contribution in [3.8, 4) is 0 Å². The van der Waals surface area contributed by atoms with Crippen LogP contribution < -0.4 is 11.1 Å². The smallest absolute Gasteiger partial charge is 0.254 e. The van der Waals surface area contributed by atoms with Crippen molar-refractivity contribution in [2.45, 2.75) is 31.2 Å². The molecule has 2 rings (SSSR count). The highest BCUT2D eigenvalue weighted by molar-refractivity contribution is 6.34. The summed E-state index contributed by atoms with van der Waals surface area (Å²) in [4.78, 5) is 25.7.